The Morgan fingerprint density at radius 2 is 1.86 bits per heavy atom. The number of nitrogens with zero attached hydrogens (tertiary/aromatic N) is 4. The Hall–Kier alpha value is -0.970. The van der Waals surface area contributed by atoms with Gasteiger partial charge in [0.15, 0.2) is 0 Å². The lowest BCUT2D eigenvalue weighted by molar-refractivity contribution is 0.0335. The number of hydrogen-bond donors (Lipinski definition) is 0. The van der Waals surface area contributed by atoms with Gasteiger partial charge >= 0.3 is 0 Å². The van der Waals surface area contributed by atoms with E-state index in [0.717, 1.165) is 12.2 Å². The number of pyridine rings is 1. The van der Waals surface area contributed by atoms with Gasteiger partial charge in [-0.15, -0.1) is 0 Å². The standard InChI is InChI=1S/C18H30N4/c1-16-6-4-7-17(19-16)14-22-11-5-10-21(3)18(15-22)8-12-20(2)13-9-18/h4,6-7H,5,8-15H2,1-3H3. The summed E-state index contributed by atoms with van der Waals surface area (Å²) in [7, 11) is 4.58. The maximum Gasteiger partial charge on any atom is 0.0547 e. The molecule has 0 saturated carbocycles. The molecule has 2 aliphatic rings. The normalized spacial score (nSPS) is 24.5. The predicted molar refractivity (Wildman–Crippen MR) is 91.0 cm³/mol. The first-order valence-corrected chi connectivity index (χ1v) is 8.62. The highest BCUT2D eigenvalue weighted by Gasteiger charge is 2.40. The van der Waals surface area contributed by atoms with Gasteiger partial charge in [0.1, 0.15) is 0 Å². The zero-order valence-corrected chi connectivity index (χ0v) is 14.4. The highest BCUT2D eigenvalue weighted by Crippen LogP contribution is 2.31. The van der Waals surface area contributed by atoms with Crippen LogP contribution in [0.5, 0.6) is 0 Å². The molecule has 3 heterocycles. The van der Waals surface area contributed by atoms with Gasteiger partial charge < -0.3 is 4.90 Å². The van der Waals surface area contributed by atoms with Gasteiger partial charge in [0.2, 0.25) is 0 Å². The van der Waals surface area contributed by atoms with E-state index in [9.17, 15) is 0 Å². The van der Waals surface area contributed by atoms with Crippen LogP contribution in [0.1, 0.15) is 30.7 Å². The number of rotatable bonds is 2. The van der Waals surface area contributed by atoms with Crippen molar-refractivity contribution in [1.29, 1.82) is 0 Å². The van der Waals surface area contributed by atoms with E-state index >= 15 is 0 Å². The fourth-order valence-corrected chi connectivity index (χ4v) is 4.01. The molecule has 0 unspecified atom stereocenters. The lowest BCUT2D eigenvalue weighted by Crippen LogP contribution is -2.57. The average Bonchev–Trinajstić information content (AvgIpc) is 2.63. The minimum Gasteiger partial charge on any atom is -0.306 e. The minimum absolute atomic E-state index is 0.368. The molecule has 1 aromatic heterocycles. The van der Waals surface area contributed by atoms with Crippen LogP contribution in [0.2, 0.25) is 0 Å². The van der Waals surface area contributed by atoms with E-state index in [1.54, 1.807) is 0 Å². The van der Waals surface area contributed by atoms with Crippen LogP contribution in [0.15, 0.2) is 18.2 Å². The summed E-state index contributed by atoms with van der Waals surface area (Å²) in [4.78, 5) is 12.4. The maximum atomic E-state index is 4.70. The van der Waals surface area contributed by atoms with Gasteiger partial charge in [0, 0.05) is 24.3 Å². The molecule has 0 atom stereocenters. The van der Waals surface area contributed by atoms with Crippen molar-refractivity contribution in [3.8, 4) is 0 Å². The van der Waals surface area contributed by atoms with Crippen LogP contribution in [0.4, 0.5) is 0 Å². The quantitative estimate of drug-likeness (QED) is 0.833. The Morgan fingerprint density at radius 3 is 2.59 bits per heavy atom. The molecule has 4 heteroatoms. The molecule has 0 aromatic carbocycles. The second-order valence-corrected chi connectivity index (χ2v) is 7.28. The molecule has 122 valence electrons. The van der Waals surface area contributed by atoms with E-state index in [-0.39, 0.29) is 0 Å². The molecule has 0 aliphatic carbocycles. The fourth-order valence-electron chi connectivity index (χ4n) is 4.01. The van der Waals surface area contributed by atoms with Crippen molar-refractivity contribution in [3.05, 3.63) is 29.6 Å². The second kappa shape index (κ2) is 6.65. The number of aromatic nitrogens is 1. The predicted octanol–water partition coefficient (Wildman–Crippen LogP) is 1.99. The van der Waals surface area contributed by atoms with Crippen molar-refractivity contribution in [1.82, 2.24) is 19.7 Å². The van der Waals surface area contributed by atoms with Gasteiger partial charge in [-0.3, -0.25) is 14.8 Å². The van der Waals surface area contributed by atoms with Crippen molar-refractivity contribution < 1.29 is 0 Å². The number of likely N-dealkylation sites (tertiary alicyclic amines) is 1. The minimum atomic E-state index is 0.368. The van der Waals surface area contributed by atoms with Gasteiger partial charge in [0.05, 0.1) is 5.69 Å². The van der Waals surface area contributed by atoms with Crippen molar-refractivity contribution in [2.24, 2.45) is 0 Å². The molecular formula is C18H30N4. The topological polar surface area (TPSA) is 22.6 Å². The molecule has 0 radical (unpaired) electrons. The van der Waals surface area contributed by atoms with E-state index in [0.29, 0.717) is 5.54 Å². The van der Waals surface area contributed by atoms with Gasteiger partial charge in [-0.05, 0) is 78.6 Å². The van der Waals surface area contributed by atoms with Crippen molar-refractivity contribution in [3.63, 3.8) is 0 Å². The molecule has 3 rings (SSSR count). The number of aryl methyl sites for hydroxylation is 1. The summed E-state index contributed by atoms with van der Waals surface area (Å²) >= 11 is 0. The molecule has 2 aliphatic heterocycles. The average molecular weight is 302 g/mol. The Bertz CT molecular complexity index is 494. The largest absolute Gasteiger partial charge is 0.306 e. The fraction of sp³-hybridized carbons (Fsp3) is 0.722. The van der Waals surface area contributed by atoms with Crippen molar-refractivity contribution in [2.75, 3.05) is 46.8 Å². The summed E-state index contributed by atoms with van der Waals surface area (Å²) in [6, 6.07) is 6.38. The van der Waals surface area contributed by atoms with E-state index in [4.69, 9.17) is 4.98 Å². The van der Waals surface area contributed by atoms with Crippen LogP contribution >= 0.6 is 0 Å². The first kappa shape index (κ1) is 15.9. The Kier molecular flexibility index (Phi) is 4.81. The molecular weight excluding hydrogens is 272 g/mol. The number of piperidine rings is 1. The molecule has 0 bridgehead atoms. The van der Waals surface area contributed by atoms with E-state index in [1.807, 2.05) is 0 Å². The lowest BCUT2D eigenvalue weighted by atomic mass is 9.85. The van der Waals surface area contributed by atoms with Crippen LogP contribution < -0.4 is 0 Å². The summed E-state index contributed by atoms with van der Waals surface area (Å²) in [5, 5.41) is 0. The number of likely N-dealkylation sites (N-methyl/N-ethyl adjacent to an activating group) is 1. The van der Waals surface area contributed by atoms with Crippen LogP contribution in [0.25, 0.3) is 0 Å². The zero-order valence-electron chi connectivity index (χ0n) is 14.4. The van der Waals surface area contributed by atoms with Crippen LogP contribution in [-0.2, 0) is 6.54 Å². The third-order valence-corrected chi connectivity index (χ3v) is 5.54. The smallest absolute Gasteiger partial charge is 0.0547 e. The molecule has 0 N–H and O–H groups in total. The summed E-state index contributed by atoms with van der Waals surface area (Å²) in [5.41, 5.74) is 2.71. The highest BCUT2D eigenvalue weighted by molar-refractivity contribution is 5.10. The van der Waals surface area contributed by atoms with Crippen molar-refractivity contribution in [2.45, 2.75) is 38.3 Å². The molecule has 2 fully saturated rings. The molecule has 1 aromatic rings. The van der Waals surface area contributed by atoms with Crippen LogP contribution in [0, 0.1) is 6.92 Å². The molecule has 2 saturated heterocycles. The van der Waals surface area contributed by atoms with E-state index < -0.39 is 0 Å². The first-order valence-electron chi connectivity index (χ1n) is 8.62. The van der Waals surface area contributed by atoms with Gasteiger partial charge in [-0.1, -0.05) is 6.07 Å². The van der Waals surface area contributed by atoms with Gasteiger partial charge in [-0.25, -0.2) is 0 Å². The Balaban J connectivity index is 1.72. The lowest BCUT2D eigenvalue weighted by Gasteiger charge is -2.47. The zero-order chi connectivity index (χ0) is 15.6. The molecule has 22 heavy (non-hydrogen) atoms. The van der Waals surface area contributed by atoms with Crippen LogP contribution in [0.3, 0.4) is 0 Å². The summed E-state index contributed by atoms with van der Waals surface area (Å²) < 4.78 is 0. The second-order valence-electron chi connectivity index (χ2n) is 7.28. The molecule has 4 nitrogen and oxygen atoms in total. The van der Waals surface area contributed by atoms with E-state index in [2.05, 4.69) is 53.9 Å². The third kappa shape index (κ3) is 3.50. The summed E-state index contributed by atoms with van der Waals surface area (Å²) in [6.45, 7) is 9.12. The number of hydrogen-bond acceptors (Lipinski definition) is 4. The monoisotopic (exact) mass is 302 g/mol. The van der Waals surface area contributed by atoms with Gasteiger partial charge in [-0.2, -0.15) is 0 Å². The SMILES string of the molecule is Cc1cccc(CN2CCCN(C)C3(CCN(C)CC3)C2)n1. The third-order valence-electron chi connectivity index (χ3n) is 5.54. The Morgan fingerprint density at radius 1 is 1.09 bits per heavy atom. The highest BCUT2D eigenvalue weighted by atomic mass is 15.3. The van der Waals surface area contributed by atoms with E-state index in [1.165, 1.54) is 57.7 Å². The molecule has 0 amide bonds. The van der Waals surface area contributed by atoms with Crippen LogP contribution in [-0.4, -0.2) is 72.0 Å². The first-order chi connectivity index (χ1) is 10.6. The summed E-state index contributed by atoms with van der Waals surface area (Å²) in [5.74, 6) is 0. The maximum absolute atomic E-state index is 4.70. The summed E-state index contributed by atoms with van der Waals surface area (Å²) in [6.07, 6.45) is 3.84. The van der Waals surface area contributed by atoms with Crippen molar-refractivity contribution >= 4 is 0 Å². The van der Waals surface area contributed by atoms with Gasteiger partial charge in [0.25, 0.3) is 0 Å². The molecule has 1 spiro atoms. The Labute approximate surface area is 135 Å².